The van der Waals surface area contributed by atoms with E-state index >= 15 is 0 Å². The highest BCUT2D eigenvalue weighted by molar-refractivity contribution is 5.63. The van der Waals surface area contributed by atoms with Crippen molar-refractivity contribution in [2.24, 2.45) is 0 Å². The second kappa shape index (κ2) is 8.16. The molecule has 23 heavy (non-hydrogen) atoms. The number of hydrogen-bond donors (Lipinski definition) is 0. The van der Waals surface area contributed by atoms with Gasteiger partial charge in [-0.1, -0.05) is 62.2 Å². The molecule has 0 bridgehead atoms. The number of ether oxygens (including phenoxy) is 1. The van der Waals surface area contributed by atoms with E-state index in [1.165, 1.54) is 49.9 Å². The van der Waals surface area contributed by atoms with E-state index < -0.39 is 0 Å². The van der Waals surface area contributed by atoms with Crippen LogP contribution in [0.2, 0.25) is 0 Å². The highest BCUT2D eigenvalue weighted by Gasteiger charge is 2.25. The molecular formula is C21H27NO. The fourth-order valence-corrected chi connectivity index (χ4v) is 3.26. The molecule has 1 atom stereocenters. The lowest BCUT2D eigenvalue weighted by molar-refractivity contribution is 0.0595. The lowest BCUT2D eigenvalue weighted by Crippen LogP contribution is -2.34. The second-order valence-electron chi connectivity index (χ2n) is 6.35. The van der Waals surface area contributed by atoms with Crippen LogP contribution in [0.4, 0.5) is 0 Å². The Balaban J connectivity index is 1.59. The van der Waals surface area contributed by atoms with Gasteiger partial charge in [0.15, 0.2) is 6.23 Å². The first kappa shape index (κ1) is 16.1. The van der Waals surface area contributed by atoms with Gasteiger partial charge in [-0.25, -0.2) is 0 Å². The molecule has 0 aromatic heterocycles. The topological polar surface area (TPSA) is 12.5 Å². The minimum atomic E-state index is 0.259. The van der Waals surface area contributed by atoms with Gasteiger partial charge in [0.05, 0.1) is 0 Å². The molecule has 1 heterocycles. The molecule has 0 aliphatic carbocycles. The van der Waals surface area contributed by atoms with E-state index in [0.717, 1.165) is 12.2 Å². The Morgan fingerprint density at radius 3 is 2.43 bits per heavy atom. The normalized spacial score (nSPS) is 18.2. The molecule has 0 amide bonds. The summed E-state index contributed by atoms with van der Waals surface area (Å²) in [5.74, 6) is 0.983. The summed E-state index contributed by atoms with van der Waals surface area (Å²) in [5.41, 5.74) is 2.49. The van der Waals surface area contributed by atoms with Crippen LogP contribution >= 0.6 is 0 Å². The summed E-state index contributed by atoms with van der Waals surface area (Å²) in [6.45, 7) is 4.60. The Bertz CT molecular complexity index is 579. The monoisotopic (exact) mass is 309 g/mol. The van der Waals surface area contributed by atoms with Crippen LogP contribution in [0.15, 0.2) is 54.6 Å². The average Bonchev–Trinajstić information content (AvgIpc) is 3.04. The summed E-state index contributed by atoms with van der Waals surface area (Å²) in [6, 6.07) is 19.0. The maximum absolute atomic E-state index is 6.24. The Morgan fingerprint density at radius 2 is 1.70 bits per heavy atom. The van der Waals surface area contributed by atoms with Crippen molar-refractivity contribution >= 4 is 0 Å². The maximum Gasteiger partial charge on any atom is 0.152 e. The molecule has 0 saturated carbocycles. The van der Waals surface area contributed by atoms with Gasteiger partial charge in [-0.15, -0.1) is 0 Å². The van der Waals surface area contributed by atoms with Gasteiger partial charge in [-0.3, -0.25) is 4.90 Å². The zero-order valence-electron chi connectivity index (χ0n) is 14.1. The van der Waals surface area contributed by atoms with Crippen molar-refractivity contribution in [3.05, 3.63) is 54.6 Å². The van der Waals surface area contributed by atoms with Gasteiger partial charge in [-0.05, 0) is 42.5 Å². The first-order chi connectivity index (χ1) is 11.4. The third-order valence-corrected chi connectivity index (χ3v) is 4.59. The van der Waals surface area contributed by atoms with Crippen molar-refractivity contribution in [3.8, 4) is 16.9 Å². The molecule has 2 aromatic rings. The van der Waals surface area contributed by atoms with Gasteiger partial charge < -0.3 is 4.74 Å². The number of hydrogen-bond acceptors (Lipinski definition) is 2. The van der Waals surface area contributed by atoms with Crippen molar-refractivity contribution in [2.75, 3.05) is 13.1 Å². The second-order valence-corrected chi connectivity index (χ2v) is 6.35. The molecule has 3 rings (SSSR count). The first-order valence-electron chi connectivity index (χ1n) is 8.93. The summed E-state index contributed by atoms with van der Waals surface area (Å²) >= 11 is 0. The molecule has 2 heteroatoms. The van der Waals surface area contributed by atoms with Crippen molar-refractivity contribution in [2.45, 2.75) is 45.3 Å². The lowest BCUT2D eigenvalue weighted by atomic mass is 10.1. The van der Waals surface area contributed by atoms with Crippen LogP contribution in [0.5, 0.6) is 5.75 Å². The van der Waals surface area contributed by atoms with Crippen molar-refractivity contribution in [3.63, 3.8) is 0 Å². The standard InChI is InChI=1S/C21H27NO/c1-2-3-7-16-22-17-8-11-21(22)23-20-14-12-19(13-15-20)18-9-5-4-6-10-18/h4-6,9-10,12-15,21H,2-3,7-8,11,16-17H2,1H3. The van der Waals surface area contributed by atoms with Gasteiger partial charge >= 0.3 is 0 Å². The Kier molecular flexibility index (Phi) is 5.71. The highest BCUT2D eigenvalue weighted by atomic mass is 16.5. The SMILES string of the molecule is CCCCCN1CCCC1Oc1ccc(-c2ccccc2)cc1. The smallest absolute Gasteiger partial charge is 0.152 e. The van der Waals surface area contributed by atoms with Gasteiger partial charge in [0.25, 0.3) is 0 Å². The molecular weight excluding hydrogens is 282 g/mol. The van der Waals surface area contributed by atoms with Crippen LogP contribution in [0, 0.1) is 0 Å². The molecule has 122 valence electrons. The predicted molar refractivity (Wildman–Crippen MR) is 96.6 cm³/mol. The largest absolute Gasteiger partial charge is 0.475 e. The minimum Gasteiger partial charge on any atom is -0.475 e. The molecule has 2 aromatic carbocycles. The molecule has 1 saturated heterocycles. The molecule has 1 aliphatic heterocycles. The lowest BCUT2D eigenvalue weighted by Gasteiger charge is -2.25. The minimum absolute atomic E-state index is 0.259. The van der Waals surface area contributed by atoms with Crippen LogP contribution in [-0.2, 0) is 0 Å². The molecule has 0 N–H and O–H groups in total. The van der Waals surface area contributed by atoms with Gasteiger partial charge in [0, 0.05) is 13.1 Å². The van der Waals surface area contributed by atoms with E-state index in [4.69, 9.17) is 4.74 Å². The third kappa shape index (κ3) is 4.35. The van der Waals surface area contributed by atoms with Crippen molar-refractivity contribution < 1.29 is 4.74 Å². The third-order valence-electron chi connectivity index (χ3n) is 4.59. The summed E-state index contributed by atoms with van der Waals surface area (Å²) in [5, 5.41) is 0. The number of benzene rings is 2. The van der Waals surface area contributed by atoms with Crippen LogP contribution in [0.3, 0.4) is 0 Å². The first-order valence-corrected chi connectivity index (χ1v) is 8.93. The fourth-order valence-electron chi connectivity index (χ4n) is 3.26. The van der Waals surface area contributed by atoms with E-state index in [9.17, 15) is 0 Å². The van der Waals surface area contributed by atoms with Crippen molar-refractivity contribution in [1.29, 1.82) is 0 Å². The highest BCUT2D eigenvalue weighted by Crippen LogP contribution is 2.26. The predicted octanol–water partition coefficient (Wildman–Crippen LogP) is 5.34. The van der Waals surface area contributed by atoms with Gasteiger partial charge in [0.1, 0.15) is 5.75 Å². The molecule has 1 aliphatic rings. The Morgan fingerprint density at radius 1 is 0.957 bits per heavy atom. The van der Waals surface area contributed by atoms with E-state index in [-0.39, 0.29) is 6.23 Å². The fraction of sp³-hybridized carbons (Fsp3) is 0.429. The quantitative estimate of drug-likeness (QED) is 0.640. The van der Waals surface area contributed by atoms with Gasteiger partial charge in [-0.2, -0.15) is 0 Å². The zero-order valence-corrected chi connectivity index (χ0v) is 14.1. The van der Waals surface area contributed by atoms with Gasteiger partial charge in [0.2, 0.25) is 0 Å². The van der Waals surface area contributed by atoms with Crippen LogP contribution < -0.4 is 4.74 Å². The molecule has 1 fully saturated rings. The number of nitrogens with zero attached hydrogens (tertiary/aromatic N) is 1. The van der Waals surface area contributed by atoms with Crippen LogP contribution in [-0.4, -0.2) is 24.2 Å². The van der Waals surface area contributed by atoms with E-state index in [2.05, 4.69) is 60.4 Å². The Hall–Kier alpha value is -1.80. The Labute approximate surface area is 140 Å². The molecule has 0 radical (unpaired) electrons. The number of rotatable bonds is 7. The van der Waals surface area contributed by atoms with E-state index in [1.807, 2.05) is 6.07 Å². The summed E-state index contributed by atoms with van der Waals surface area (Å²) < 4.78 is 6.24. The number of unbranched alkanes of at least 4 members (excludes halogenated alkanes) is 2. The molecule has 1 unspecified atom stereocenters. The van der Waals surface area contributed by atoms with E-state index in [1.54, 1.807) is 0 Å². The summed E-state index contributed by atoms with van der Waals surface area (Å²) in [6.07, 6.45) is 6.53. The average molecular weight is 309 g/mol. The van der Waals surface area contributed by atoms with Crippen LogP contribution in [0.25, 0.3) is 11.1 Å². The van der Waals surface area contributed by atoms with E-state index in [0.29, 0.717) is 0 Å². The zero-order chi connectivity index (χ0) is 15.9. The van der Waals surface area contributed by atoms with Crippen molar-refractivity contribution in [1.82, 2.24) is 4.90 Å². The maximum atomic E-state index is 6.24. The number of likely N-dealkylation sites (tertiary alicyclic amines) is 1. The molecule has 0 spiro atoms. The summed E-state index contributed by atoms with van der Waals surface area (Å²) in [4.78, 5) is 2.50. The summed E-state index contributed by atoms with van der Waals surface area (Å²) in [7, 11) is 0. The van der Waals surface area contributed by atoms with Crippen LogP contribution in [0.1, 0.15) is 39.0 Å². The molecule has 2 nitrogen and oxygen atoms in total.